The molecule has 1 aliphatic rings. The number of para-hydroxylation sites is 1. The first kappa shape index (κ1) is 22.7. The van der Waals surface area contributed by atoms with Crippen molar-refractivity contribution >= 4 is 21.6 Å². The van der Waals surface area contributed by atoms with Crippen molar-refractivity contribution in [1.29, 1.82) is 0 Å². The van der Waals surface area contributed by atoms with Crippen molar-refractivity contribution in [3.05, 3.63) is 83.4 Å². The van der Waals surface area contributed by atoms with Gasteiger partial charge in [-0.25, -0.2) is 8.42 Å². The number of nitrogens with one attached hydrogen (secondary N) is 1. The maximum atomic E-state index is 13.3. The molecule has 3 aromatic rings. The highest BCUT2D eigenvalue weighted by atomic mass is 32.2. The first-order valence-electron chi connectivity index (χ1n) is 10.7. The predicted octanol–water partition coefficient (Wildman–Crippen LogP) is 4.23. The van der Waals surface area contributed by atoms with Crippen molar-refractivity contribution in [2.45, 2.75) is 25.3 Å². The second-order valence-corrected chi connectivity index (χ2v) is 9.44. The van der Waals surface area contributed by atoms with Gasteiger partial charge in [-0.15, -0.1) is 0 Å². The van der Waals surface area contributed by atoms with Gasteiger partial charge in [0.1, 0.15) is 13.2 Å². The Morgan fingerprint density at radius 2 is 1.73 bits per heavy atom. The minimum Gasteiger partial charge on any atom is -0.486 e. The summed E-state index contributed by atoms with van der Waals surface area (Å²) in [7, 11) is -3.84. The van der Waals surface area contributed by atoms with E-state index in [0.29, 0.717) is 49.1 Å². The third-order valence-corrected chi connectivity index (χ3v) is 6.75. The van der Waals surface area contributed by atoms with Gasteiger partial charge in [0.15, 0.2) is 11.5 Å². The number of sulfonamides is 1. The standard InChI is InChI=1S/C25H26N2O5S/c1-3-27(17-20-7-5-9-23-24(20)32-15-14-31-23)25(28)19-6-4-8-22(16-19)33(29,30)26-21-12-10-18(2)11-13-21/h4-13,16,26H,3,14-15,17H2,1-2H3. The minimum atomic E-state index is -3.84. The molecular formula is C25H26N2O5S. The fourth-order valence-corrected chi connectivity index (χ4v) is 4.71. The first-order chi connectivity index (χ1) is 15.9. The number of ether oxygens (including phenoxy) is 2. The zero-order valence-electron chi connectivity index (χ0n) is 18.6. The Morgan fingerprint density at radius 3 is 2.48 bits per heavy atom. The zero-order chi connectivity index (χ0) is 23.4. The Labute approximate surface area is 194 Å². The van der Waals surface area contributed by atoms with Gasteiger partial charge >= 0.3 is 0 Å². The smallest absolute Gasteiger partial charge is 0.261 e. The Bertz CT molecular complexity index is 1260. The van der Waals surface area contributed by atoms with Gasteiger partial charge < -0.3 is 14.4 Å². The van der Waals surface area contributed by atoms with Crippen molar-refractivity contribution < 1.29 is 22.7 Å². The summed E-state index contributed by atoms with van der Waals surface area (Å²) >= 11 is 0. The molecule has 0 radical (unpaired) electrons. The molecule has 0 aromatic heterocycles. The predicted molar refractivity (Wildman–Crippen MR) is 126 cm³/mol. The van der Waals surface area contributed by atoms with Crippen LogP contribution in [0.5, 0.6) is 11.5 Å². The summed E-state index contributed by atoms with van der Waals surface area (Å²) in [5.74, 6) is 1.05. The van der Waals surface area contributed by atoms with E-state index in [-0.39, 0.29) is 10.8 Å². The maximum absolute atomic E-state index is 13.3. The van der Waals surface area contributed by atoms with Crippen LogP contribution in [0.15, 0.2) is 71.6 Å². The van der Waals surface area contributed by atoms with Crippen LogP contribution in [0.2, 0.25) is 0 Å². The lowest BCUT2D eigenvalue weighted by atomic mass is 10.1. The van der Waals surface area contributed by atoms with Crippen molar-refractivity contribution in [2.75, 3.05) is 24.5 Å². The van der Waals surface area contributed by atoms with Crippen LogP contribution < -0.4 is 14.2 Å². The van der Waals surface area contributed by atoms with Gasteiger partial charge in [0.2, 0.25) is 0 Å². The highest BCUT2D eigenvalue weighted by Crippen LogP contribution is 2.34. The fraction of sp³-hybridized carbons (Fsp3) is 0.240. The lowest BCUT2D eigenvalue weighted by Crippen LogP contribution is -2.31. The van der Waals surface area contributed by atoms with Crippen LogP contribution >= 0.6 is 0 Å². The van der Waals surface area contributed by atoms with Crippen LogP contribution in [0, 0.1) is 6.92 Å². The average molecular weight is 467 g/mol. The monoisotopic (exact) mass is 466 g/mol. The molecule has 0 atom stereocenters. The van der Waals surface area contributed by atoms with E-state index in [1.165, 1.54) is 12.1 Å². The van der Waals surface area contributed by atoms with Gasteiger partial charge in [-0.3, -0.25) is 9.52 Å². The fourth-order valence-electron chi connectivity index (χ4n) is 3.61. The molecule has 0 saturated heterocycles. The quantitative estimate of drug-likeness (QED) is 0.563. The highest BCUT2D eigenvalue weighted by Gasteiger charge is 2.22. The SMILES string of the molecule is CCN(Cc1cccc2c1OCCO2)C(=O)c1cccc(S(=O)(=O)Nc2ccc(C)cc2)c1. The minimum absolute atomic E-state index is 0.0267. The van der Waals surface area contributed by atoms with Crippen LogP contribution in [0.4, 0.5) is 5.69 Å². The Morgan fingerprint density at radius 1 is 1.00 bits per heavy atom. The largest absolute Gasteiger partial charge is 0.486 e. The number of aryl methyl sites for hydroxylation is 1. The average Bonchev–Trinajstić information content (AvgIpc) is 2.83. The number of rotatable bonds is 7. The van der Waals surface area contributed by atoms with E-state index in [1.54, 1.807) is 29.2 Å². The van der Waals surface area contributed by atoms with Crippen molar-refractivity contribution in [3.8, 4) is 11.5 Å². The van der Waals surface area contributed by atoms with Crippen molar-refractivity contribution in [1.82, 2.24) is 4.90 Å². The van der Waals surface area contributed by atoms with E-state index in [0.717, 1.165) is 11.1 Å². The van der Waals surface area contributed by atoms with Gasteiger partial charge in [-0.2, -0.15) is 0 Å². The van der Waals surface area contributed by atoms with Gasteiger partial charge in [0, 0.05) is 29.9 Å². The normalized spacial score (nSPS) is 12.8. The molecule has 33 heavy (non-hydrogen) atoms. The van der Waals surface area contributed by atoms with Gasteiger partial charge in [0.05, 0.1) is 4.90 Å². The number of carbonyl (C=O) groups excluding carboxylic acids is 1. The van der Waals surface area contributed by atoms with E-state index < -0.39 is 10.0 Å². The number of fused-ring (bicyclic) bond motifs is 1. The second-order valence-electron chi connectivity index (χ2n) is 7.76. The number of hydrogen-bond acceptors (Lipinski definition) is 5. The van der Waals surface area contributed by atoms with E-state index >= 15 is 0 Å². The Hall–Kier alpha value is -3.52. The molecule has 0 bridgehead atoms. The van der Waals surface area contributed by atoms with E-state index in [1.807, 2.05) is 44.2 Å². The molecule has 7 nitrogen and oxygen atoms in total. The highest BCUT2D eigenvalue weighted by molar-refractivity contribution is 7.92. The topological polar surface area (TPSA) is 84.9 Å². The molecule has 1 N–H and O–H groups in total. The van der Waals surface area contributed by atoms with Gasteiger partial charge in [-0.05, 0) is 50.2 Å². The molecule has 172 valence electrons. The molecule has 4 rings (SSSR count). The second kappa shape index (κ2) is 9.54. The zero-order valence-corrected chi connectivity index (χ0v) is 19.4. The number of hydrogen-bond donors (Lipinski definition) is 1. The van der Waals surface area contributed by atoms with Crippen LogP contribution in [-0.2, 0) is 16.6 Å². The third-order valence-electron chi connectivity index (χ3n) is 5.37. The van der Waals surface area contributed by atoms with Gasteiger partial charge in [0.25, 0.3) is 15.9 Å². The molecule has 1 aliphatic heterocycles. The molecule has 0 fully saturated rings. The number of carbonyl (C=O) groups is 1. The Kier molecular flexibility index (Phi) is 6.55. The van der Waals surface area contributed by atoms with E-state index in [2.05, 4.69) is 4.72 Å². The molecule has 0 aliphatic carbocycles. The molecule has 1 amide bonds. The molecule has 3 aromatic carbocycles. The molecule has 8 heteroatoms. The molecule has 0 spiro atoms. The lowest BCUT2D eigenvalue weighted by molar-refractivity contribution is 0.0749. The lowest BCUT2D eigenvalue weighted by Gasteiger charge is -2.25. The number of amides is 1. The molecular weight excluding hydrogens is 440 g/mol. The molecule has 0 saturated carbocycles. The van der Waals surface area contributed by atoms with Crippen LogP contribution in [0.1, 0.15) is 28.4 Å². The van der Waals surface area contributed by atoms with E-state index in [9.17, 15) is 13.2 Å². The van der Waals surface area contributed by atoms with Crippen molar-refractivity contribution in [3.63, 3.8) is 0 Å². The summed E-state index contributed by atoms with van der Waals surface area (Å²) in [6.45, 7) is 5.52. The summed E-state index contributed by atoms with van der Waals surface area (Å²) in [4.78, 5) is 14.9. The third kappa shape index (κ3) is 5.12. The summed E-state index contributed by atoms with van der Waals surface area (Å²) in [5.41, 5.74) is 2.63. The van der Waals surface area contributed by atoms with Crippen LogP contribution in [-0.4, -0.2) is 39.0 Å². The number of nitrogens with zero attached hydrogens (tertiary/aromatic N) is 1. The van der Waals surface area contributed by atoms with E-state index in [4.69, 9.17) is 9.47 Å². The van der Waals surface area contributed by atoms with Crippen LogP contribution in [0.3, 0.4) is 0 Å². The Balaban J connectivity index is 1.55. The summed E-state index contributed by atoms with van der Waals surface area (Å²) < 4.78 is 39.7. The number of benzene rings is 3. The summed E-state index contributed by atoms with van der Waals surface area (Å²) in [5, 5.41) is 0. The van der Waals surface area contributed by atoms with Crippen molar-refractivity contribution in [2.24, 2.45) is 0 Å². The van der Waals surface area contributed by atoms with Gasteiger partial charge in [-0.1, -0.05) is 35.9 Å². The number of anilines is 1. The molecule has 0 unspecified atom stereocenters. The molecule has 1 heterocycles. The van der Waals surface area contributed by atoms with Crippen LogP contribution in [0.25, 0.3) is 0 Å². The summed E-state index contributed by atoms with van der Waals surface area (Å²) in [6.07, 6.45) is 0. The summed E-state index contributed by atoms with van der Waals surface area (Å²) in [6, 6.07) is 18.7. The maximum Gasteiger partial charge on any atom is 0.261 e. The first-order valence-corrected chi connectivity index (χ1v) is 12.2.